The second-order valence-corrected chi connectivity index (χ2v) is 6.70. The van der Waals surface area contributed by atoms with E-state index in [0.29, 0.717) is 11.5 Å². The number of pyridine rings is 2. The highest BCUT2D eigenvalue weighted by Crippen LogP contribution is 2.31. The van der Waals surface area contributed by atoms with Crippen LogP contribution in [0.3, 0.4) is 0 Å². The zero-order chi connectivity index (χ0) is 19.7. The van der Waals surface area contributed by atoms with E-state index in [-0.39, 0.29) is 6.17 Å². The fraction of sp³-hybridized carbons (Fsp3) is 0.143. The van der Waals surface area contributed by atoms with Gasteiger partial charge in [-0.15, -0.1) is 0 Å². The summed E-state index contributed by atoms with van der Waals surface area (Å²) in [5, 5.41) is 9.48. The maximum Gasteiger partial charge on any atom is 0.138 e. The molecule has 28 heavy (non-hydrogen) atoms. The number of nitrogens with zero attached hydrogens (tertiary/aromatic N) is 5. The standard InChI is InChI=1S/C21H21N7/c1-13-4-5-24-10-18(13)15-6-16-8-21(25-11-19(16)20(22)7-15)27-17-9-26-28(12-17)14(2)23-3/h4-12,14H,3,22H2,1-2H3,(H,25,27). The molecule has 3 aromatic heterocycles. The third-order valence-electron chi connectivity index (χ3n) is 4.74. The highest BCUT2D eigenvalue weighted by atomic mass is 15.3. The van der Waals surface area contributed by atoms with Crippen LogP contribution in [0.2, 0.25) is 0 Å². The average Bonchev–Trinajstić information content (AvgIpc) is 3.16. The number of aliphatic imine (C=N–C) groups is 1. The molecule has 0 aliphatic heterocycles. The largest absolute Gasteiger partial charge is 0.398 e. The van der Waals surface area contributed by atoms with Crippen LogP contribution in [0.4, 0.5) is 17.2 Å². The molecule has 0 fully saturated rings. The molecule has 1 atom stereocenters. The van der Waals surface area contributed by atoms with Crippen LogP contribution in [0.5, 0.6) is 0 Å². The first-order valence-corrected chi connectivity index (χ1v) is 8.92. The van der Waals surface area contributed by atoms with Gasteiger partial charge < -0.3 is 11.1 Å². The Hall–Kier alpha value is -3.74. The van der Waals surface area contributed by atoms with E-state index >= 15 is 0 Å². The summed E-state index contributed by atoms with van der Waals surface area (Å²) < 4.78 is 1.73. The number of anilines is 3. The van der Waals surface area contributed by atoms with Gasteiger partial charge in [-0.3, -0.25) is 9.98 Å². The Kier molecular flexibility index (Phi) is 4.49. The maximum atomic E-state index is 6.29. The minimum Gasteiger partial charge on any atom is -0.398 e. The zero-order valence-electron chi connectivity index (χ0n) is 15.8. The number of nitrogens with two attached hydrogens (primary N) is 1. The molecule has 3 N–H and O–H groups in total. The number of nitrogen functional groups attached to an aromatic ring is 1. The fourth-order valence-electron chi connectivity index (χ4n) is 3.11. The van der Waals surface area contributed by atoms with Gasteiger partial charge in [-0.25, -0.2) is 9.67 Å². The summed E-state index contributed by atoms with van der Waals surface area (Å²) >= 11 is 0. The lowest BCUT2D eigenvalue weighted by Crippen LogP contribution is -2.01. The molecule has 7 heteroatoms. The molecule has 0 bridgehead atoms. The van der Waals surface area contributed by atoms with E-state index in [9.17, 15) is 0 Å². The first-order valence-electron chi connectivity index (χ1n) is 8.92. The van der Waals surface area contributed by atoms with Gasteiger partial charge in [-0.1, -0.05) is 0 Å². The van der Waals surface area contributed by atoms with Gasteiger partial charge in [0.15, 0.2) is 0 Å². The Balaban J connectivity index is 1.71. The molecule has 0 aliphatic carbocycles. The van der Waals surface area contributed by atoms with Gasteiger partial charge in [0.1, 0.15) is 12.0 Å². The minimum absolute atomic E-state index is 0.120. The molecule has 7 nitrogen and oxygen atoms in total. The van der Waals surface area contributed by atoms with E-state index in [0.717, 1.165) is 33.2 Å². The topological polar surface area (TPSA) is 94.0 Å². The summed E-state index contributed by atoms with van der Waals surface area (Å²) in [7, 11) is 0. The monoisotopic (exact) mass is 371 g/mol. The quantitative estimate of drug-likeness (QED) is 0.402. The Labute approximate surface area is 163 Å². The molecule has 0 aliphatic rings. The molecule has 0 spiro atoms. The predicted molar refractivity (Wildman–Crippen MR) is 114 cm³/mol. The van der Waals surface area contributed by atoms with Crippen LogP contribution in [-0.2, 0) is 0 Å². The van der Waals surface area contributed by atoms with E-state index < -0.39 is 0 Å². The average molecular weight is 371 g/mol. The van der Waals surface area contributed by atoms with Crippen molar-refractivity contribution in [3.8, 4) is 11.1 Å². The van der Waals surface area contributed by atoms with Gasteiger partial charge in [0.25, 0.3) is 0 Å². The Morgan fingerprint density at radius 1 is 1.21 bits per heavy atom. The van der Waals surface area contributed by atoms with Crippen LogP contribution >= 0.6 is 0 Å². The highest BCUT2D eigenvalue weighted by Gasteiger charge is 2.09. The van der Waals surface area contributed by atoms with Crippen molar-refractivity contribution in [1.29, 1.82) is 0 Å². The number of aromatic nitrogens is 4. The van der Waals surface area contributed by atoms with Crippen LogP contribution < -0.4 is 11.1 Å². The normalized spacial score (nSPS) is 12.1. The van der Waals surface area contributed by atoms with Crippen LogP contribution in [0, 0.1) is 6.92 Å². The molecule has 0 radical (unpaired) electrons. The molecule has 4 aromatic rings. The van der Waals surface area contributed by atoms with Gasteiger partial charge in [0, 0.05) is 35.2 Å². The van der Waals surface area contributed by atoms with E-state index in [1.807, 2.05) is 37.5 Å². The lowest BCUT2D eigenvalue weighted by Gasteiger charge is -2.11. The second kappa shape index (κ2) is 7.11. The Morgan fingerprint density at radius 2 is 2.07 bits per heavy atom. The van der Waals surface area contributed by atoms with Gasteiger partial charge in [0.2, 0.25) is 0 Å². The summed E-state index contributed by atoms with van der Waals surface area (Å²) in [5.41, 5.74) is 11.1. The predicted octanol–water partition coefficient (Wildman–Crippen LogP) is 4.35. The van der Waals surface area contributed by atoms with Crippen molar-refractivity contribution < 1.29 is 0 Å². The van der Waals surface area contributed by atoms with Crippen LogP contribution in [-0.4, -0.2) is 26.5 Å². The van der Waals surface area contributed by atoms with Crippen molar-refractivity contribution in [3.63, 3.8) is 0 Å². The highest BCUT2D eigenvalue weighted by molar-refractivity contribution is 5.97. The summed E-state index contributed by atoms with van der Waals surface area (Å²) in [6.45, 7) is 7.53. The molecular weight excluding hydrogens is 350 g/mol. The van der Waals surface area contributed by atoms with Gasteiger partial charge in [-0.05, 0) is 61.3 Å². The summed E-state index contributed by atoms with van der Waals surface area (Å²) in [5.74, 6) is 0.714. The number of hydrogen-bond donors (Lipinski definition) is 2. The molecular formula is C21H21N7. The number of nitrogens with one attached hydrogen (secondary N) is 1. The third-order valence-corrected chi connectivity index (χ3v) is 4.74. The lowest BCUT2D eigenvalue weighted by molar-refractivity contribution is 0.515. The molecule has 0 saturated carbocycles. The molecule has 140 valence electrons. The summed E-state index contributed by atoms with van der Waals surface area (Å²) in [4.78, 5) is 12.7. The molecule has 0 saturated heterocycles. The van der Waals surface area contributed by atoms with Crippen LogP contribution in [0.1, 0.15) is 18.7 Å². The van der Waals surface area contributed by atoms with E-state index in [1.54, 1.807) is 23.3 Å². The van der Waals surface area contributed by atoms with Gasteiger partial charge in [0.05, 0.1) is 18.1 Å². The van der Waals surface area contributed by atoms with Crippen LogP contribution in [0.25, 0.3) is 21.9 Å². The number of hydrogen-bond acceptors (Lipinski definition) is 6. The van der Waals surface area contributed by atoms with E-state index in [2.05, 4.69) is 45.1 Å². The number of rotatable bonds is 5. The Bertz CT molecular complexity index is 1160. The number of benzene rings is 1. The smallest absolute Gasteiger partial charge is 0.138 e. The molecule has 0 amide bonds. The van der Waals surface area contributed by atoms with Crippen molar-refractivity contribution in [2.75, 3.05) is 11.1 Å². The summed E-state index contributed by atoms with van der Waals surface area (Å²) in [6.07, 6.45) is 8.92. The van der Waals surface area contributed by atoms with Crippen molar-refractivity contribution in [2.45, 2.75) is 20.0 Å². The lowest BCUT2D eigenvalue weighted by atomic mass is 9.99. The van der Waals surface area contributed by atoms with Crippen LogP contribution in [0.15, 0.2) is 60.2 Å². The fourth-order valence-corrected chi connectivity index (χ4v) is 3.11. The number of fused-ring (bicyclic) bond motifs is 1. The van der Waals surface area contributed by atoms with Crippen molar-refractivity contribution in [2.24, 2.45) is 4.99 Å². The van der Waals surface area contributed by atoms with Crippen molar-refractivity contribution in [3.05, 3.63) is 60.8 Å². The Morgan fingerprint density at radius 3 is 2.86 bits per heavy atom. The maximum absolute atomic E-state index is 6.29. The SMILES string of the molecule is C=NC(C)n1cc(Nc2cc3cc(-c4cnccc4C)cc(N)c3cn2)cn1. The first kappa shape index (κ1) is 17.7. The van der Waals surface area contributed by atoms with Crippen molar-refractivity contribution in [1.82, 2.24) is 19.7 Å². The second-order valence-electron chi connectivity index (χ2n) is 6.70. The molecule has 3 heterocycles. The first-order chi connectivity index (χ1) is 13.5. The van der Waals surface area contributed by atoms with E-state index in [4.69, 9.17) is 5.73 Å². The zero-order valence-corrected chi connectivity index (χ0v) is 15.8. The minimum atomic E-state index is -0.120. The number of aryl methyl sites for hydroxylation is 1. The van der Waals surface area contributed by atoms with E-state index in [1.165, 1.54) is 0 Å². The molecule has 4 rings (SSSR count). The summed E-state index contributed by atoms with van der Waals surface area (Å²) in [6, 6.07) is 8.05. The van der Waals surface area contributed by atoms with Crippen molar-refractivity contribution >= 4 is 34.7 Å². The molecule has 1 aromatic carbocycles. The van der Waals surface area contributed by atoms with Gasteiger partial charge >= 0.3 is 0 Å². The molecule has 1 unspecified atom stereocenters. The third kappa shape index (κ3) is 3.29. The van der Waals surface area contributed by atoms with Gasteiger partial charge in [-0.2, -0.15) is 5.10 Å².